The average Bonchev–Trinajstić information content (AvgIpc) is 3.04. The number of hydrogen-bond donors (Lipinski definition) is 0. The van der Waals surface area contributed by atoms with Gasteiger partial charge in [-0.05, 0) is 55.4 Å². The van der Waals surface area contributed by atoms with E-state index in [-0.39, 0.29) is 11.7 Å². The fourth-order valence-corrected chi connectivity index (χ4v) is 4.65. The fraction of sp³-hybridized carbons (Fsp3) is 0.526. The van der Waals surface area contributed by atoms with Crippen LogP contribution in [0.2, 0.25) is 0 Å². The minimum absolute atomic E-state index is 0.000184. The largest absolute Gasteiger partial charge is 0.342 e. The van der Waals surface area contributed by atoms with E-state index < -0.39 is 0 Å². The van der Waals surface area contributed by atoms with Crippen molar-refractivity contribution in [2.45, 2.75) is 32.2 Å². The molecule has 3 aliphatic heterocycles. The molecular formula is C19H21FN4O. The minimum atomic E-state index is -0.265. The minimum Gasteiger partial charge on any atom is -0.342 e. The smallest absolute Gasteiger partial charge is 0.227 e. The second kappa shape index (κ2) is 5.64. The third-order valence-corrected chi connectivity index (χ3v) is 6.00. The Morgan fingerprint density at radius 1 is 1.04 bits per heavy atom. The molecule has 3 fully saturated rings. The number of benzene rings is 1. The molecule has 1 aliphatic carbocycles. The van der Waals surface area contributed by atoms with Crippen molar-refractivity contribution in [3.63, 3.8) is 0 Å². The Balaban J connectivity index is 1.37. The first kappa shape index (κ1) is 15.0. The maximum atomic E-state index is 13.2. The fourth-order valence-electron chi connectivity index (χ4n) is 4.65. The summed E-state index contributed by atoms with van der Waals surface area (Å²) < 4.78 is 15.2. The van der Waals surface area contributed by atoms with Crippen LogP contribution < -0.4 is 0 Å². The van der Waals surface area contributed by atoms with Crippen LogP contribution in [0, 0.1) is 23.6 Å². The Hall–Kier alpha value is -2.24. The number of nitrogens with zero attached hydrogens (tertiary/aromatic N) is 4. The number of aromatic nitrogens is 3. The monoisotopic (exact) mass is 340 g/mol. The first-order valence-electron chi connectivity index (χ1n) is 9.14. The van der Waals surface area contributed by atoms with Crippen molar-refractivity contribution in [2.24, 2.45) is 17.8 Å². The van der Waals surface area contributed by atoms with Crippen molar-refractivity contribution < 1.29 is 9.18 Å². The molecule has 1 amide bonds. The lowest BCUT2D eigenvalue weighted by Crippen LogP contribution is -2.53. The van der Waals surface area contributed by atoms with Crippen molar-refractivity contribution in [2.75, 3.05) is 13.1 Å². The molecule has 0 radical (unpaired) electrons. The van der Waals surface area contributed by atoms with Gasteiger partial charge in [-0.15, -0.1) is 10.2 Å². The Morgan fingerprint density at radius 3 is 2.48 bits per heavy atom. The highest BCUT2D eigenvalue weighted by molar-refractivity contribution is 5.79. The summed E-state index contributed by atoms with van der Waals surface area (Å²) in [5.41, 5.74) is 0.840. The van der Waals surface area contributed by atoms with Gasteiger partial charge in [0.2, 0.25) is 5.91 Å². The maximum absolute atomic E-state index is 13.2. The van der Waals surface area contributed by atoms with Crippen molar-refractivity contribution >= 4 is 5.91 Å². The average molecular weight is 340 g/mol. The van der Waals surface area contributed by atoms with E-state index in [1.807, 2.05) is 4.57 Å². The van der Waals surface area contributed by atoms with Gasteiger partial charge in [-0.3, -0.25) is 4.79 Å². The highest BCUT2D eigenvalue weighted by atomic mass is 19.1. The normalized spacial score (nSPS) is 27.6. The van der Waals surface area contributed by atoms with Crippen molar-refractivity contribution in [3.05, 3.63) is 35.9 Å². The van der Waals surface area contributed by atoms with Gasteiger partial charge < -0.3 is 9.47 Å². The summed E-state index contributed by atoms with van der Waals surface area (Å²) in [6, 6.07) is 6.30. The van der Waals surface area contributed by atoms with Gasteiger partial charge in [0.25, 0.3) is 0 Å². The molecule has 6 heteroatoms. The van der Waals surface area contributed by atoms with E-state index in [0.717, 1.165) is 55.0 Å². The number of carbonyl (C=O) groups is 1. The van der Waals surface area contributed by atoms with Crippen LogP contribution in [-0.4, -0.2) is 38.7 Å². The van der Waals surface area contributed by atoms with Crippen LogP contribution in [0.3, 0.4) is 0 Å². The molecule has 2 aromatic rings. The van der Waals surface area contributed by atoms with Crippen LogP contribution in [0.25, 0.3) is 11.4 Å². The molecule has 5 nitrogen and oxygen atoms in total. The second-order valence-corrected chi connectivity index (χ2v) is 7.74. The Labute approximate surface area is 145 Å². The third kappa shape index (κ3) is 2.55. The zero-order valence-electron chi connectivity index (χ0n) is 14.1. The van der Waals surface area contributed by atoms with E-state index in [1.165, 1.54) is 25.0 Å². The molecule has 2 saturated heterocycles. The lowest BCUT2D eigenvalue weighted by atomic mass is 9.71. The van der Waals surface area contributed by atoms with Crippen LogP contribution in [0.4, 0.5) is 4.39 Å². The third-order valence-electron chi connectivity index (χ3n) is 6.00. The van der Waals surface area contributed by atoms with Crippen LogP contribution in [-0.2, 0) is 17.8 Å². The molecule has 1 unspecified atom stereocenters. The maximum Gasteiger partial charge on any atom is 0.227 e. The molecule has 1 aromatic heterocycles. The van der Waals surface area contributed by atoms with Crippen molar-refractivity contribution in [1.29, 1.82) is 0 Å². The van der Waals surface area contributed by atoms with Gasteiger partial charge in [0, 0.05) is 31.6 Å². The van der Waals surface area contributed by atoms with Gasteiger partial charge in [0.05, 0.1) is 5.92 Å². The molecular weight excluding hydrogens is 319 g/mol. The van der Waals surface area contributed by atoms with Crippen molar-refractivity contribution in [1.82, 2.24) is 19.7 Å². The molecule has 4 aliphatic rings. The highest BCUT2D eigenvalue weighted by Gasteiger charge is 2.41. The summed E-state index contributed by atoms with van der Waals surface area (Å²) >= 11 is 0. The number of amides is 1. The Morgan fingerprint density at radius 2 is 1.76 bits per heavy atom. The second-order valence-electron chi connectivity index (χ2n) is 7.74. The SMILES string of the molecule is O=C(C1CCc2nnc(-c3ccc(F)cc3)n2C1)N1CC2CC(C2)C1. The lowest BCUT2D eigenvalue weighted by molar-refractivity contribution is -0.143. The summed E-state index contributed by atoms with van der Waals surface area (Å²) in [5.74, 6) is 3.13. The highest BCUT2D eigenvalue weighted by Crippen LogP contribution is 2.40. The molecule has 1 aromatic carbocycles. The molecule has 130 valence electrons. The summed E-state index contributed by atoms with van der Waals surface area (Å²) in [7, 11) is 0. The predicted octanol–water partition coefficient (Wildman–Crippen LogP) is 2.52. The number of piperidine rings is 2. The van der Waals surface area contributed by atoms with Crippen molar-refractivity contribution in [3.8, 4) is 11.4 Å². The van der Waals surface area contributed by atoms with Crippen LogP contribution in [0.5, 0.6) is 0 Å². The van der Waals surface area contributed by atoms with Crippen LogP contribution in [0.15, 0.2) is 24.3 Å². The van der Waals surface area contributed by atoms with Crippen LogP contribution >= 0.6 is 0 Å². The van der Waals surface area contributed by atoms with Gasteiger partial charge in [0.1, 0.15) is 11.6 Å². The molecule has 0 N–H and O–H groups in total. The van der Waals surface area contributed by atoms with Gasteiger partial charge in [0.15, 0.2) is 5.82 Å². The summed E-state index contributed by atoms with van der Waals surface area (Å²) in [5, 5.41) is 8.56. The summed E-state index contributed by atoms with van der Waals surface area (Å²) in [6.45, 7) is 2.50. The first-order chi connectivity index (χ1) is 12.2. The zero-order chi connectivity index (χ0) is 17.0. The molecule has 25 heavy (non-hydrogen) atoms. The zero-order valence-corrected chi connectivity index (χ0v) is 14.1. The Kier molecular flexibility index (Phi) is 3.40. The standard InChI is InChI=1S/C19H21FN4O/c20-16-4-1-14(2-5-16)18-22-21-17-6-3-15(11-24(17)18)19(25)23-9-12-7-13(8-12)10-23/h1-2,4-5,12-13,15H,3,6-11H2. The van der Waals surface area contributed by atoms with Gasteiger partial charge >= 0.3 is 0 Å². The number of rotatable bonds is 2. The van der Waals surface area contributed by atoms with E-state index in [0.29, 0.717) is 12.5 Å². The van der Waals surface area contributed by atoms with E-state index in [9.17, 15) is 9.18 Å². The molecule has 0 spiro atoms. The molecule has 6 rings (SSSR count). The lowest BCUT2D eigenvalue weighted by Gasteiger charge is -2.48. The van der Waals surface area contributed by atoms with Gasteiger partial charge in [-0.25, -0.2) is 4.39 Å². The number of hydrogen-bond acceptors (Lipinski definition) is 3. The topological polar surface area (TPSA) is 51.0 Å². The number of fused-ring (bicyclic) bond motifs is 3. The molecule has 4 heterocycles. The van der Waals surface area contributed by atoms with Crippen LogP contribution in [0.1, 0.15) is 25.1 Å². The molecule has 1 atom stereocenters. The number of aryl methyl sites for hydroxylation is 1. The van der Waals surface area contributed by atoms with Gasteiger partial charge in [-0.2, -0.15) is 0 Å². The predicted molar refractivity (Wildman–Crippen MR) is 90.0 cm³/mol. The van der Waals surface area contributed by atoms with E-state index in [2.05, 4.69) is 15.1 Å². The Bertz CT molecular complexity index is 799. The number of halogens is 1. The van der Waals surface area contributed by atoms with Gasteiger partial charge in [-0.1, -0.05) is 0 Å². The first-order valence-corrected chi connectivity index (χ1v) is 9.14. The number of carbonyl (C=O) groups excluding carboxylic acids is 1. The molecule has 1 saturated carbocycles. The summed E-state index contributed by atoms with van der Waals surface area (Å²) in [6.07, 6.45) is 4.22. The quantitative estimate of drug-likeness (QED) is 0.844. The summed E-state index contributed by atoms with van der Waals surface area (Å²) in [4.78, 5) is 15.0. The molecule has 2 bridgehead atoms. The van der Waals surface area contributed by atoms with E-state index >= 15 is 0 Å². The van der Waals surface area contributed by atoms with E-state index in [4.69, 9.17) is 0 Å². The van der Waals surface area contributed by atoms with E-state index in [1.54, 1.807) is 12.1 Å².